The summed E-state index contributed by atoms with van der Waals surface area (Å²) in [6.45, 7) is 4.78. The van der Waals surface area contributed by atoms with Gasteiger partial charge in [0.25, 0.3) is 0 Å². The van der Waals surface area contributed by atoms with Crippen LogP contribution in [0.4, 0.5) is 0 Å². The summed E-state index contributed by atoms with van der Waals surface area (Å²) in [6.07, 6.45) is 0. The summed E-state index contributed by atoms with van der Waals surface area (Å²) in [5.41, 5.74) is 9.10. The summed E-state index contributed by atoms with van der Waals surface area (Å²) in [7, 11) is -0.332. The lowest BCUT2D eigenvalue weighted by atomic mass is 9.84. The maximum atomic E-state index is 2.41. The van der Waals surface area contributed by atoms with Crippen LogP contribution in [0.2, 0.25) is 13.1 Å². The zero-order chi connectivity index (χ0) is 29.6. The molecule has 0 N–H and O–H groups in total. The van der Waals surface area contributed by atoms with E-state index in [1.165, 1.54) is 88.1 Å². The van der Waals surface area contributed by atoms with Crippen LogP contribution in [0.5, 0.6) is 0 Å². The molecule has 0 spiro atoms. The first-order valence-electron chi connectivity index (χ1n) is 15.5. The van der Waals surface area contributed by atoms with Crippen molar-refractivity contribution in [3.8, 4) is 33.4 Å². The molecule has 0 saturated heterocycles. The average molecular weight is 578 g/mol. The molecule has 209 valence electrons. The third-order valence-corrected chi connectivity index (χ3v) is 10.1. The molecule has 0 aliphatic carbocycles. The Hall–Kier alpha value is -4.98. The quantitative estimate of drug-likeness (QED) is 0.141. The maximum Gasteiger partial charge on any atom is 0.0460 e. The van der Waals surface area contributed by atoms with Gasteiger partial charge in [0.1, 0.15) is 0 Å². The Kier molecular flexibility index (Phi) is 6.62. The average Bonchev–Trinajstić information content (AvgIpc) is 3.06. The molecular formula is C43H33Si. The van der Waals surface area contributed by atoms with Gasteiger partial charge in [-0.2, -0.15) is 0 Å². The number of fused-ring (bicyclic) bond motifs is 4. The molecule has 1 radical (unpaired) electrons. The zero-order valence-electron chi connectivity index (χ0n) is 25.1. The van der Waals surface area contributed by atoms with Crippen molar-refractivity contribution in [1.82, 2.24) is 0 Å². The van der Waals surface area contributed by atoms with Gasteiger partial charge in [0.15, 0.2) is 0 Å². The first kappa shape index (κ1) is 26.6. The maximum absolute atomic E-state index is 2.41. The summed E-state index contributed by atoms with van der Waals surface area (Å²) in [4.78, 5) is 0. The Bertz CT molecular complexity index is 2270. The van der Waals surface area contributed by atoms with Crippen LogP contribution in [0.1, 0.15) is 5.56 Å². The highest BCUT2D eigenvalue weighted by Gasteiger charge is 2.18. The molecule has 0 aliphatic heterocycles. The van der Waals surface area contributed by atoms with Crippen LogP contribution in [0.15, 0.2) is 152 Å². The predicted octanol–water partition coefficient (Wildman–Crippen LogP) is 12.1. The van der Waals surface area contributed by atoms with E-state index in [9.17, 15) is 0 Å². The minimum Gasteiger partial charge on any atom is -0.0710 e. The highest BCUT2D eigenvalue weighted by molar-refractivity contribution is 6.55. The number of hydrogen-bond donors (Lipinski definition) is 0. The lowest BCUT2D eigenvalue weighted by Gasteiger charge is -2.19. The molecule has 0 aliphatic rings. The molecule has 0 unspecified atom stereocenters. The van der Waals surface area contributed by atoms with Crippen LogP contribution < -0.4 is 0 Å². The van der Waals surface area contributed by atoms with Gasteiger partial charge < -0.3 is 0 Å². The SMILES string of the molecule is C[Si](C)Cc1ccc2c(-c3c4ccccc4c(-c4ccc(-c5ccc6ccccc6c5)cc4)c4ccccc34)cccc2c1. The van der Waals surface area contributed by atoms with Crippen molar-refractivity contribution in [2.75, 3.05) is 0 Å². The molecule has 0 atom stereocenters. The van der Waals surface area contributed by atoms with E-state index in [0.29, 0.717) is 0 Å². The van der Waals surface area contributed by atoms with Crippen LogP contribution in [0.3, 0.4) is 0 Å². The normalized spacial score (nSPS) is 11.7. The summed E-state index contributed by atoms with van der Waals surface area (Å²) < 4.78 is 0. The van der Waals surface area contributed by atoms with Crippen molar-refractivity contribution < 1.29 is 0 Å². The van der Waals surface area contributed by atoms with E-state index in [4.69, 9.17) is 0 Å². The largest absolute Gasteiger partial charge is 0.0710 e. The number of benzene rings is 8. The van der Waals surface area contributed by atoms with Gasteiger partial charge in [-0.05, 0) is 88.6 Å². The fourth-order valence-corrected chi connectivity index (χ4v) is 8.03. The first-order chi connectivity index (χ1) is 21.6. The van der Waals surface area contributed by atoms with E-state index in [2.05, 4.69) is 165 Å². The van der Waals surface area contributed by atoms with Gasteiger partial charge in [-0.3, -0.25) is 0 Å². The van der Waals surface area contributed by atoms with E-state index in [1.807, 2.05) is 0 Å². The van der Waals surface area contributed by atoms with Crippen LogP contribution in [-0.2, 0) is 6.04 Å². The Morgan fingerprint density at radius 3 is 1.64 bits per heavy atom. The number of hydrogen-bond acceptors (Lipinski definition) is 0. The summed E-state index contributed by atoms with van der Waals surface area (Å²) in [5, 5.41) is 10.4. The molecule has 0 aromatic heterocycles. The van der Waals surface area contributed by atoms with Gasteiger partial charge in [-0.25, -0.2) is 0 Å². The molecule has 0 fully saturated rings. The third kappa shape index (κ3) is 4.61. The molecule has 44 heavy (non-hydrogen) atoms. The number of rotatable bonds is 5. The lowest BCUT2D eigenvalue weighted by Crippen LogP contribution is -2.05. The summed E-state index contributed by atoms with van der Waals surface area (Å²) in [5.74, 6) is 0. The molecule has 0 amide bonds. The molecule has 0 nitrogen and oxygen atoms in total. The standard InChI is InChI=1S/C43H33Si/c1-44(2)28-29-18-25-36-35(26-29)12-9-17-37(36)43-40-15-7-5-13-38(40)42(39-14-6-8-16-41(39)43)32-22-19-31(20-23-32)34-24-21-30-10-3-4-11-33(30)27-34/h3-27H,28H2,1-2H3. The van der Waals surface area contributed by atoms with Gasteiger partial charge in [0.2, 0.25) is 0 Å². The van der Waals surface area contributed by atoms with Crippen LogP contribution in [-0.4, -0.2) is 8.80 Å². The fraction of sp³-hybridized carbons (Fsp3) is 0.0698. The van der Waals surface area contributed by atoms with Gasteiger partial charge in [-0.15, -0.1) is 0 Å². The van der Waals surface area contributed by atoms with Gasteiger partial charge in [-0.1, -0.05) is 164 Å². The molecule has 8 rings (SSSR count). The van der Waals surface area contributed by atoms with E-state index in [-0.39, 0.29) is 8.80 Å². The van der Waals surface area contributed by atoms with Gasteiger partial charge >= 0.3 is 0 Å². The van der Waals surface area contributed by atoms with Crippen molar-refractivity contribution in [3.05, 3.63) is 157 Å². The highest BCUT2D eigenvalue weighted by Crippen LogP contribution is 2.45. The predicted molar refractivity (Wildman–Crippen MR) is 194 cm³/mol. The van der Waals surface area contributed by atoms with E-state index < -0.39 is 0 Å². The van der Waals surface area contributed by atoms with Crippen molar-refractivity contribution >= 4 is 51.9 Å². The fourth-order valence-electron chi connectivity index (χ4n) is 7.00. The molecule has 8 aromatic rings. The monoisotopic (exact) mass is 577 g/mol. The van der Waals surface area contributed by atoms with E-state index in [1.54, 1.807) is 0 Å². The molecular weight excluding hydrogens is 545 g/mol. The van der Waals surface area contributed by atoms with Gasteiger partial charge in [0.05, 0.1) is 0 Å². The molecule has 0 bridgehead atoms. The second-order valence-electron chi connectivity index (χ2n) is 12.2. The minimum atomic E-state index is -0.332. The second-order valence-corrected chi connectivity index (χ2v) is 15.0. The third-order valence-electron chi connectivity index (χ3n) is 8.96. The van der Waals surface area contributed by atoms with Crippen molar-refractivity contribution in [3.63, 3.8) is 0 Å². The summed E-state index contributed by atoms with van der Waals surface area (Å²) >= 11 is 0. The van der Waals surface area contributed by atoms with Crippen molar-refractivity contribution in [1.29, 1.82) is 0 Å². The minimum absolute atomic E-state index is 0.332. The van der Waals surface area contributed by atoms with E-state index >= 15 is 0 Å². The molecule has 0 saturated carbocycles. The topological polar surface area (TPSA) is 0 Å². The Morgan fingerprint density at radius 2 is 0.955 bits per heavy atom. The molecule has 1 heteroatoms. The first-order valence-corrected chi connectivity index (χ1v) is 18.2. The van der Waals surface area contributed by atoms with Crippen molar-refractivity contribution in [2.24, 2.45) is 0 Å². The van der Waals surface area contributed by atoms with E-state index in [0.717, 1.165) is 0 Å². The van der Waals surface area contributed by atoms with Crippen LogP contribution >= 0.6 is 0 Å². The lowest BCUT2D eigenvalue weighted by molar-refractivity contribution is 1.37. The zero-order valence-corrected chi connectivity index (χ0v) is 26.1. The molecule has 0 heterocycles. The Labute approximate surface area is 260 Å². The highest BCUT2D eigenvalue weighted by atomic mass is 28.3. The second kappa shape index (κ2) is 10.9. The smallest absolute Gasteiger partial charge is 0.0460 e. The summed E-state index contributed by atoms with van der Waals surface area (Å²) in [6, 6.07) is 57.5. The Morgan fingerprint density at radius 1 is 0.386 bits per heavy atom. The van der Waals surface area contributed by atoms with Crippen LogP contribution in [0, 0.1) is 0 Å². The van der Waals surface area contributed by atoms with Crippen molar-refractivity contribution in [2.45, 2.75) is 19.1 Å². The van der Waals surface area contributed by atoms with Crippen LogP contribution in [0.25, 0.3) is 76.5 Å². The van der Waals surface area contributed by atoms with Gasteiger partial charge in [0, 0.05) is 8.80 Å². The molecule has 8 aromatic carbocycles. The Balaban J connectivity index is 1.32.